The Kier molecular flexibility index (Phi) is 10.1. The highest BCUT2D eigenvalue weighted by Gasteiger charge is 2.21. The number of fused-ring (bicyclic) bond motifs is 1. The molecule has 0 aliphatic carbocycles. The third kappa shape index (κ3) is 7.91. The number of amides is 3. The second kappa shape index (κ2) is 14.5. The summed E-state index contributed by atoms with van der Waals surface area (Å²) >= 11 is 2.79. The van der Waals surface area contributed by atoms with Crippen LogP contribution in [0.2, 0.25) is 0 Å². The zero-order valence-electron chi connectivity index (χ0n) is 24.1. The van der Waals surface area contributed by atoms with Gasteiger partial charge in [-0.1, -0.05) is 72.9 Å². The third-order valence-corrected chi connectivity index (χ3v) is 8.79. The summed E-state index contributed by atoms with van der Waals surface area (Å²) < 4.78 is 6.20. The minimum absolute atomic E-state index is 0.0994. The van der Waals surface area contributed by atoms with Gasteiger partial charge in [-0.15, -0.1) is 11.8 Å². The molecule has 222 valence electrons. The van der Waals surface area contributed by atoms with Gasteiger partial charge in [0.25, 0.3) is 11.8 Å². The lowest BCUT2D eigenvalue weighted by molar-refractivity contribution is -0.116. The number of carbonyl (C=O) groups excluding carboxylic acids is 3. The number of thioether (sulfide) groups is 1. The number of hydrogen-bond donors (Lipinski definition) is 3. The summed E-state index contributed by atoms with van der Waals surface area (Å²) in [6.45, 7) is 1.95. The Hall–Kier alpha value is -4.93. The van der Waals surface area contributed by atoms with E-state index in [0.29, 0.717) is 22.8 Å². The second-order valence-corrected chi connectivity index (χ2v) is 11.9. The molecule has 5 rings (SSSR count). The molecule has 0 aliphatic rings. The van der Waals surface area contributed by atoms with Gasteiger partial charge in [-0.25, -0.2) is 4.98 Å². The summed E-state index contributed by atoms with van der Waals surface area (Å²) in [6.07, 6.45) is 2.21. The molecule has 0 aliphatic heterocycles. The van der Waals surface area contributed by atoms with Crippen LogP contribution in [0.15, 0.2) is 114 Å². The Balaban J connectivity index is 1.28. The zero-order valence-corrected chi connectivity index (χ0v) is 25.7. The predicted molar refractivity (Wildman–Crippen MR) is 178 cm³/mol. The highest BCUT2D eigenvalue weighted by atomic mass is 32.2. The molecule has 3 amide bonds. The first-order valence-corrected chi connectivity index (χ1v) is 15.6. The molecule has 8 nitrogen and oxygen atoms in total. The largest absolute Gasteiger partial charge is 0.497 e. The van der Waals surface area contributed by atoms with Crippen LogP contribution in [0.25, 0.3) is 16.3 Å². The molecule has 3 N–H and O–H groups in total. The number of benzene rings is 4. The molecule has 1 unspecified atom stereocenters. The van der Waals surface area contributed by atoms with Crippen molar-refractivity contribution in [2.75, 3.05) is 17.7 Å². The number of rotatable bonds is 11. The van der Waals surface area contributed by atoms with Crippen molar-refractivity contribution in [3.8, 4) is 5.75 Å². The minimum atomic E-state index is -0.475. The molecule has 5 aromatic rings. The van der Waals surface area contributed by atoms with E-state index in [1.165, 1.54) is 23.1 Å². The fourth-order valence-electron chi connectivity index (χ4n) is 4.26. The van der Waals surface area contributed by atoms with Gasteiger partial charge in [-0.3, -0.25) is 14.4 Å². The molecule has 4 aromatic carbocycles. The number of thiazole rings is 1. The molecular formula is C34H30N4O4S2. The summed E-state index contributed by atoms with van der Waals surface area (Å²) in [4.78, 5) is 44.8. The van der Waals surface area contributed by atoms with E-state index in [1.807, 2.05) is 79.7 Å². The SMILES string of the molecule is CCC(Sc1cccc(NC(=O)/C(=C/c2ccccc2)NC(=O)c2ccccc2)c1)C(=O)Nc1nc2ccc(OC)cc2s1. The van der Waals surface area contributed by atoms with Gasteiger partial charge in [0.1, 0.15) is 11.4 Å². The van der Waals surface area contributed by atoms with Crippen LogP contribution in [0.1, 0.15) is 29.3 Å². The van der Waals surface area contributed by atoms with Crippen LogP contribution in [0.4, 0.5) is 10.8 Å². The molecule has 1 heterocycles. The van der Waals surface area contributed by atoms with Crippen molar-refractivity contribution in [3.63, 3.8) is 0 Å². The van der Waals surface area contributed by atoms with Crippen LogP contribution in [0.5, 0.6) is 5.75 Å². The van der Waals surface area contributed by atoms with Crippen molar-refractivity contribution in [1.29, 1.82) is 0 Å². The van der Waals surface area contributed by atoms with Crippen LogP contribution >= 0.6 is 23.1 Å². The van der Waals surface area contributed by atoms with Crippen molar-refractivity contribution < 1.29 is 19.1 Å². The van der Waals surface area contributed by atoms with E-state index in [0.717, 1.165) is 26.4 Å². The lowest BCUT2D eigenvalue weighted by atomic mass is 10.1. The van der Waals surface area contributed by atoms with E-state index < -0.39 is 11.8 Å². The van der Waals surface area contributed by atoms with Crippen molar-refractivity contribution in [1.82, 2.24) is 10.3 Å². The fourth-order valence-corrected chi connectivity index (χ4v) is 6.17. The maximum atomic E-state index is 13.4. The average molecular weight is 623 g/mol. The number of ether oxygens (including phenoxy) is 1. The monoisotopic (exact) mass is 622 g/mol. The molecule has 0 saturated heterocycles. The normalized spacial score (nSPS) is 11.9. The standard InChI is InChI=1S/C34H30N4O4S2/c1-3-29(33(41)38-34-37-27-18-17-25(42-2)21-30(27)44-34)43-26-16-10-15-24(20-26)35-32(40)28(19-22-11-6-4-7-12-22)36-31(39)23-13-8-5-9-14-23/h4-21,29H,3H2,1-2H3,(H,35,40)(H,36,39)(H,37,38,41)/b28-19-. The molecule has 44 heavy (non-hydrogen) atoms. The lowest BCUT2D eigenvalue weighted by Crippen LogP contribution is -2.30. The van der Waals surface area contributed by atoms with Gasteiger partial charge in [0.05, 0.1) is 22.6 Å². The van der Waals surface area contributed by atoms with Crippen LogP contribution in [0.3, 0.4) is 0 Å². The Morgan fingerprint density at radius 2 is 1.66 bits per heavy atom. The molecule has 1 aromatic heterocycles. The third-order valence-electron chi connectivity index (χ3n) is 6.50. The summed E-state index contributed by atoms with van der Waals surface area (Å²) in [5.74, 6) is -0.294. The summed E-state index contributed by atoms with van der Waals surface area (Å²) in [6, 6.07) is 30.9. The summed E-state index contributed by atoms with van der Waals surface area (Å²) in [5.41, 5.74) is 2.62. The van der Waals surface area contributed by atoms with Gasteiger partial charge in [0, 0.05) is 16.1 Å². The smallest absolute Gasteiger partial charge is 0.272 e. The van der Waals surface area contributed by atoms with Crippen LogP contribution in [-0.2, 0) is 9.59 Å². The quantitative estimate of drug-likeness (QED) is 0.106. The topological polar surface area (TPSA) is 109 Å². The van der Waals surface area contributed by atoms with E-state index in [1.54, 1.807) is 43.5 Å². The van der Waals surface area contributed by atoms with E-state index in [9.17, 15) is 14.4 Å². The molecule has 1 atom stereocenters. The molecule has 10 heteroatoms. The number of anilines is 2. The van der Waals surface area contributed by atoms with E-state index in [4.69, 9.17) is 4.74 Å². The number of hydrogen-bond acceptors (Lipinski definition) is 7. The first kappa shape index (κ1) is 30.5. The summed E-state index contributed by atoms with van der Waals surface area (Å²) in [7, 11) is 1.61. The molecule has 0 fully saturated rings. The maximum Gasteiger partial charge on any atom is 0.272 e. The maximum absolute atomic E-state index is 13.4. The molecular weight excluding hydrogens is 593 g/mol. The molecule has 0 bridgehead atoms. The number of nitrogens with zero attached hydrogens (tertiary/aromatic N) is 1. The van der Waals surface area contributed by atoms with Gasteiger partial charge >= 0.3 is 0 Å². The van der Waals surface area contributed by atoms with Crippen molar-refractivity contribution in [3.05, 3.63) is 120 Å². The van der Waals surface area contributed by atoms with Crippen LogP contribution in [0, 0.1) is 0 Å². The number of methoxy groups -OCH3 is 1. The Labute approximate surface area is 263 Å². The van der Waals surface area contributed by atoms with Crippen molar-refractivity contribution in [2.45, 2.75) is 23.5 Å². The second-order valence-electron chi connectivity index (χ2n) is 9.63. The summed E-state index contributed by atoms with van der Waals surface area (Å²) in [5, 5.41) is 8.72. The predicted octanol–water partition coefficient (Wildman–Crippen LogP) is 7.22. The molecule has 0 saturated carbocycles. The average Bonchev–Trinajstić information content (AvgIpc) is 3.45. The van der Waals surface area contributed by atoms with E-state index >= 15 is 0 Å². The van der Waals surface area contributed by atoms with Gasteiger partial charge in [-0.2, -0.15) is 0 Å². The Morgan fingerprint density at radius 1 is 0.909 bits per heavy atom. The fraction of sp³-hybridized carbons (Fsp3) is 0.118. The van der Waals surface area contributed by atoms with Gasteiger partial charge in [0.15, 0.2) is 5.13 Å². The zero-order chi connectivity index (χ0) is 30.9. The van der Waals surface area contributed by atoms with E-state index in [2.05, 4.69) is 20.9 Å². The van der Waals surface area contributed by atoms with Crippen LogP contribution in [-0.4, -0.2) is 35.1 Å². The van der Waals surface area contributed by atoms with E-state index in [-0.39, 0.29) is 16.9 Å². The highest BCUT2D eigenvalue weighted by Crippen LogP contribution is 2.32. The number of nitrogens with one attached hydrogen (secondary N) is 3. The minimum Gasteiger partial charge on any atom is -0.497 e. The van der Waals surface area contributed by atoms with Gasteiger partial charge < -0.3 is 20.7 Å². The highest BCUT2D eigenvalue weighted by molar-refractivity contribution is 8.00. The van der Waals surface area contributed by atoms with Crippen molar-refractivity contribution in [2.24, 2.45) is 0 Å². The number of carbonyl (C=O) groups is 3. The van der Waals surface area contributed by atoms with Crippen LogP contribution < -0.4 is 20.7 Å². The Bertz CT molecular complexity index is 1810. The molecule has 0 radical (unpaired) electrons. The van der Waals surface area contributed by atoms with Crippen molar-refractivity contribution >= 4 is 67.9 Å². The first-order chi connectivity index (χ1) is 21.4. The first-order valence-electron chi connectivity index (χ1n) is 13.9. The van der Waals surface area contributed by atoms with Gasteiger partial charge in [-0.05, 0) is 66.6 Å². The molecule has 0 spiro atoms. The van der Waals surface area contributed by atoms with Gasteiger partial charge in [0.2, 0.25) is 5.91 Å². The lowest BCUT2D eigenvalue weighted by Gasteiger charge is -2.15. The Morgan fingerprint density at radius 3 is 2.39 bits per heavy atom. The number of aromatic nitrogens is 1.